The molecule has 0 unspecified atom stereocenters. The Morgan fingerprint density at radius 3 is 2.26 bits per heavy atom. The third-order valence-corrected chi connectivity index (χ3v) is 5.01. The minimum atomic E-state index is -0.231. The van der Waals surface area contributed by atoms with Gasteiger partial charge in [0.05, 0.1) is 5.69 Å². The molecule has 3 aromatic rings. The van der Waals surface area contributed by atoms with Crippen LogP contribution in [0.25, 0.3) is 11.3 Å². The van der Waals surface area contributed by atoms with Crippen LogP contribution in [0.4, 0.5) is 10.8 Å². The Morgan fingerprint density at radius 2 is 1.67 bits per heavy atom. The highest BCUT2D eigenvalue weighted by Crippen LogP contribution is 2.30. The summed E-state index contributed by atoms with van der Waals surface area (Å²) in [6, 6.07) is 15.1. The van der Waals surface area contributed by atoms with Gasteiger partial charge in [-0.05, 0) is 43.2 Å². The van der Waals surface area contributed by atoms with Crippen LogP contribution in [0, 0.1) is 6.92 Å². The number of nitrogens with zero attached hydrogens (tertiary/aromatic N) is 1. The van der Waals surface area contributed by atoms with Gasteiger partial charge in [0.15, 0.2) is 5.13 Å². The number of benzene rings is 2. The molecular formula is C21H21N3O2S. The lowest BCUT2D eigenvalue weighted by atomic mass is 10.1. The molecule has 6 heteroatoms. The number of nitrogens with one attached hydrogen (secondary N) is 2. The zero-order chi connectivity index (χ0) is 19.4. The molecule has 0 radical (unpaired) electrons. The molecule has 0 aliphatic heterocycles. The summed E-state index contributed by atoms with van der Waals surface area (Å²) in [6.45, 7) is 5.57. The molecule has 1 aromatic heterocycles. The first-order chi connectivity index (χ1) is 13.0. The zero-order valence-corrected chi connectivity index (χ0v) is 16.3. The second-order valence-electron chi connectivity index (χ2n) is 6.19. The number of carbonyl (C=O) groups excluding carboxylic acids is 2. The fourth-order valence-corrected chi connectivity index (χ4v) is 3.52. The third-order valence-electron chi connectivity index (χ3n) is 4.12. The molecule has 0 aliphatic carbocycles. The highest BCUT2D eigenvalue weighted by atomic mass is 32.1. The first kappa shape index (κ1) is 18.8. The van der Waals surface area contributed by atoms with Crippen LogP contribution < -0.4 is 10.6 Å². The van der Waals surface area contributed by atoms with E-state index in [4.69, 9.17) is 0 Å². The van der Waals surface area contributed by atoms with E-state index in [9.17, 15) is 9.59 Å². The van der Waals surface area contributed by atoms with Crippen LogP contribution in [0.3, 0.4) is 0 Å². The summed E-state index contributed by atoms with van der Waals surface area (Å²) in [5.74, 6) is -0.379. The summed E-state index contributed by atoms with van der Waals surface area (Å²) >= 11 is 1.45. The molecule has 138 valence electrons. The number of rotatable bonds is 5. The maximum atomic E-state index is 12.5. The van der Waals surface area contributed by atoms with Crippen molar-refractivity contribution in [2.75, 3.05) is 10.6 Å². The van der Waals surface area contributed by atoms with E-state index >= 15 is 0 Å². The SMILES string of the molecule is CCc1ccc(-c2nc(NC(=O)c3ccc(NC(C)=O)cc3)sc2C)cc1. The Kier molecular flexibility index (Phi) is 5.66. The summed E-state index contributed by atoms with van der Waals surface area (Å²) in [6.07, 6.45) is 0.998. The van der Waals surface area contributed by atoms with Crippen LogP contribution in [-0.4, -0.2) is 16.8 Å². The van der Waals surface area contributed by atoms with Crippen LogP contribution in [0.1, 0.15) is 34.6 Å². The number of hydrogen-bond acceptors (Lipinski definition) is 4. The van der Waals surface area contributed by atoms with E-state index in [-0.39, 0.29) is 11.8 Å². The molecule has 2 aromatic carbocycles. The van der Waals surface area contributed by atoms with Crippen LogP contribution in [0.2, 0.25) is 0 Å². The molecule has 2 N–H and O–H groups in total. The monoisotopic (exact) mass is 379 g/mol. The number of aromatic nitrogens is 1. The van der Waals surface area contributed by atoms with Crippen molar-refractivity contribution in [3.05, 3.63) is 64.5 Å². The Morgan fingerprint density at radius 1 is 1.00 bits per heavy atom. The van der Waals surface area contributed by atoms with Gasteiger partial charge in [-0.3, -0.25) is 14.9 Å². The normalized spacial score (nSPS) is 10.5. The molecule has 5 nitrogen and oxygen atoms in total. The Hall–Kier alpha value is -2.99. The molecule has 1 heterocycles. The molecule has 2 amide bonds. The van der Waals surface area contributed by atoms with Crippen molar-refractivity contribution in [2.24, 2.45) is 0 Å². The fourth-order valence-electron chi connectivity index (χ4n) is 2.69. The summed E-state index contributed by atoms with van der Waals surface area (Å²) in [7, 11) is 0. The van der Waals surface area contributed by atoms with Gasteiger partial charge in [0.1, 0.15) is 0 Å². The first-order valence-electron chi connectivity index (χ1n) is 8.72. The minimum Gasteiger partial charge on any atom is -0.326 e. The van der Waals surface area contributed by atoms with E-state index in [0.29, 0.717) is 16.4 Å². The van der Waals surface area contributed by atoms with Crippen molar-refractivity contribution < 1.29 is 9.59 Å². The van der Waals surface area contributed by atoms with Crippen LogP contribution in [-0.2, 0) is 11.2 Å². The van der Waals surface area contributed by atoms with Crippen LogP contribution in [0.5, 0.6) is 0 Å². The largest absolute Gasteiger partial charge is 0.326 e. The molecule has 0 fully saturated rings. The minimum absolute atomic E-state index is 0.148. The molecule has 27 heavy (non-hydrogen) atoms. The van der Waals surface area contributed by atoms with E-state index in [2.05, 4.69) is 46.8 Å². The Labute approximate surface area is 162 Å². The van der Waals surface area contributed by atoms with E-state index in [1.54, 1.807) is 24.3 Å². The van der Waals surface area contributed by atoms with Crippen LogP contribution in [0.15, 0.2) is 48.5 Å². The number of carbonyl (C=O) groups is 2. The highest BCUT2D eigenvalue weighted by Gasteiger charge is 2.13. The predicted octanol–water partition coefficient (Wildman–Crippen LogP) is 4.89. The Bertz CT molecular complexity index is 960. The molecular weight excluding hydrogens is 358 g/mol. The second-order valence-corrected chi connectivity index (χ2v) is 7.39. The van der Waals surface area contributed by atoms with Crippen molar-refractivity contribution in [3.63, 3.8) is 0 Å². The van der Waals surface area contributed by atoms with Crippen LogP contribution >= 0.6 is 11.3 Å². The van der Waals surface area contributed by atoms with Crippen molar-refractivity contribution in [1.29, 1.82) is 0 Å². The van der Waals surface area contributed by atoms with Gasteiger partial charge in [-0.1, -0.05) is 31.2 Å². The highest BCUT2D eigenvalue weighted by molar-refractivity contribution is 7.16. The van der Waals surface area contributed by atoms with Gasteiger partial charge in [0, 0.05) is 28.6 Å². The van der Waals surface area contributed by atoms with Gasteiger partial charge >= 0.3 is 0 Å². The first-order valence-corrected chi connectivity index (χ1v) is 9.53. The zero-order valence-electron chi connectivity index (χ0n) is 15.5. The molecule has 0 bridgehead atoms. The molecule has 0 atom stereocenters. The number of anilines is 2. The summed E-state index contributed by atoms with van der Waals surface area (Å²) in [5, 5.41) is 6.10. The van der Waals surface area contributed by atoms with E-state index in [1.807, 2.05) is 6.92 Å². The van der Waals surface area contributed by atoms with Gasteiger partial charge in [-0.2, -0.15) is 0 Å². The lowest BCUT2D eigenvalue weighted by molar-refractivity contribution is -0.114. The average molecular weight is 379 g/mol. The maximum Gasteiger partial charge on any atom is 0.257 e. The fraction of sp³-hybridized carbons (Fsp3) is 0.190. The molecule has 3 rings (SSSR count). The average Bonchev–Trinajstić information content (AvgIpc) is 3.02. The Balaban J connectivity index is 1.73. The third kappa shape index (κ3) is 4.60. The van der Waals surface area contributed by atoms with Gasteiger partial charge < -0.3 is 5.32 Å². The molecule has 0 saturated carbocycles. The smallest absolute Gasteiger partial charge is 0.257 e. The van der Waals surface area contributed by atoms with Crippen molar-refractivity contribution in [1.82, 2.24) is 4.98 Å². The summed E-state index contributed by atoms with van der Waals surface area (Å²) in [4.78, 5) is 29.2. The second kappa shape index (κ2) is 8.14. The maximum absolute atomic E-state index is 12.5. The topological polar surface area (TPSA) is 71.1 Å². The lowest BCUT2D eigenvalue weighted by Crippen LogP contribution is -2.12. The molecule has 0 saturated heterocycles. The standard InChI is InChI=1S/C21H21N3O2S/c1-4-15-5-7-16(8-6-15)19-13(2)27-21(23-19)24-20(26)17-9-11-18(12-10-17)22-14(3)25/h5-12H,4H2,1-3H3,(H,22,25)(H,23,24,26). The van der Waals surface area contributed by atoms with Gasteiger partial charge in [-0.25, -0.2) is 4.98 Å². The molecule has 0 aliphatic rings. The van der Waals surface area contributed by atoms with E-state index in [0.717, 1.165) is 22.6 Å². The number of amides is 2. The number of thiazole rings is 1. The number of aryl methyl sites for hydroxylation is 2. The van der Waals surface area contributed by atoms with Crippen molar-refractivity contribution in [3.8, 4) is 11.3 Å². The van der Waals surface area contributed by atoms with Crippen molar-refractivity contribution in [2.45, 2.75) is 27.2 Å². The summed E-state index contributed by atoms with van der Waals surface area (Å²) in [5.41, 5.74) is 4.37. The van der Waals surface area contributed by atoms with Crippen molar-refractivity contribution >= 4 is 34.0 Å². The summed E-state index contributed by atoms with van der Waals surface area (Å²) < 4.78 is 0. The quantitative estimate of drug-likeness (QED) is 0.663. The lowest BCUT2D eigenvalue weighted by Gasteiger charge is -2.04. The van der Waals surface area contributed by atoms with E-state index in [1.165, 1.54) is 23.8 Å². The van der Waals surface area contributed by atoms with Gasteiger partial charge in [0.2, 0.25) is 5.91 Å². The number of hydrogen-bond donors (Lipinski definition) is 2. The van der Waals surface area contributed by atoms with Gasteiger partial charge in [0.25, 0.3) is 5.91 Å². The van der Waals surface area contributed by atoms with E-state index < -0.39 is 0 Å². The van der Waals surface area contributed by atoms with Gasteiger partial charge in [-0.15, -0.1) is 11.3 Å². The molecule has 0 spiro atoms. The predicted molar refractivity (Wildman–Crippen MR) is 110 cm³/mol.